The Morgan fingerprint density at radius 2 is 1.53 bits per heavy atom. The van der Waals surface area contributed by atoms with Crippen molar-refractivity contribution in [2.24, 2.45) is 11.7 Å². The van der Waals surface area contributed by atoms with E-state index in [0.717, 1.165) is 0 Å². The maximum Gasteiger partial charge on any atom is 0.166 e. The first-order chi connectivity index (χ1) is 7.40. The largest absolute Gasteiger partial charge is 0.324 e. The van der Waals surface area contributed by atoms with Gasteiger partial charge in [-0.25, -0.2) is 17.6 Å². The molecule has 0 fully saturated rings. The molecule has 0 radical (unpaired) electrons. The van der Waals surface area contributed by atoms with Crippen molar-refractivity contribution >= 4 is 12.4 Å². The highest BCUT2D eigenvalue weighted by Gasteiger charge is 2.26. The first kappa shape index (κ1) is 16.2. The predicted molar refractivity (Wildman–Crippen MR) is 59.9 cm³/mol. The molecule has 0 bridgehead atoms. The van der Waals surface area contributed by atoms with E-state index in [-0.39, 0.29) is 24.4 Å². The Morgan fingerprint density at radius 3 is 1.88 bits per heavy atom. The molecular weight excluding hydrogens is 258 g/mol. The standard InChI is InChI=1S/C11H13F4N.ClH/c1-3-5(2)11(16)8-9(14)6(12)4-7(13)10(8)15;/h4-5,11H,3,16H2,1-2H3;1H/t5?,11-;/m1./s1. The lowest BCUT2D eigenvalue weighted by Gasteiger charge is -2.20. The van der Waals surface area contributed by atoms with E-state index in [2.05, 4.69) is 0 Å². The van der Waals surface area contributed by atoms with Crippen LogP contribution in [-0.2, 0) is 0 Å². The molecule has 1 unspecified atom stereocenters. The lowest BCUT2D eigenvalue weighted by Crippen LogP contribution is -2.22. The summed E-state index contributed by atoms with van der Waals surface area (Å²) < 4.78 is 52.5. The number of hydrogen-bond acceptors (Lipinski definition) is 1. The molecule has 1 aromatic rings. The van der Waals surface area contributed by atoms with E-state index in [9.17, 15) is 17.6 Å². The normalized spacial score (nSPS) is 14.1. The smallest absolute Gasteiger partial charge is 0.166 e. The number of rotatable bonds is 3. The fraction of sp³-hybridized carbons (Fsp3) is 0.455. The molecular formula is C11H14ClF4N. The molecule has 0 amide bonds. The first-order valence-electron chi connectivity index (χ1n) is 4.98. The molecule has 0 aliphatic heterocycles. The van der Waals surface area contributed by atoms with Crippen LogP contribution < -0.4 is 5.73 Å². The summed E-state index contributed by atoms with van der Waals surface area (Å²) in [4.78, 5) is 0. The van der Waals surface area contributed by atoms with Crippen LogP contribution in [0.4, 0.5) is 17.6 Å². The van der Waals surface area contributed by atoms with Crippen LogP contribution in [0, 0.1) is 29.2 Å². The van der Waals surface area contributed by atoms with Crippen LogP contribution in [0.2, 0.25) is 0 Å². The summed E-state index contributed by atoms with van der Waals surface area (Å²) in [5.41, 5.74) is 4.86. The highest BCUT2D eigenvalue weighted by molar-refractivity contribution is 5.85. The van der Waals surface area contributed by atoms with Crippen molar-refractivity contribution in [2.75, 3.05) is 0 Å². The Balaban J connectivity index is 0.00000256. The fourth-order valence-corrected chi connectivity index (χ4v) is 1.42. The zero-order chi connectivity index (χ0) is 12.5. The van der Waals surface area contributed by atoms with Gasteiger partial charge >= 0.3 is 0 Å². The zero-order valence-electron chi connectivity index (χ0n) is 9.44. The molecule has 0 heterocycles. The second-order valence-corrected chi connectivity index (χ2v) is 3.79. The van der Waals surface area contributed by atoms with Crippen molar-refractivity contribution in [3.63, 3.8) is 0 Å². The van der Waals surface area contributed by atoms with Crippen LogP contribution >= 0.6 is 12.4 Å². The maximum absolute atomic E-state index is 13.3. The van der Waals surface area contributed by atoms with Crippen molar-refractivity contribution in [3.8, 4) is 0 Å². The average molecular weight is 272 g/mol. The van der Waals surface area contributed by atoms with Crippen LogP contribution in [0.15, 0.2) is 6.07 Å². The molecule has 1 rings (SSSR count). The van der Waals surface area contributed by atoms with E-state index in [1.54, 1.807) is 13.8 Å². The molecule has 1 nitrogen and oxygen atoms in total. The third-order valence-corrected chi connectivity index (χ3v) is 2.74. The van der Waals surface area contributed by atoms with Gasteiger partial charge in [0.25, 0.3) is 0 Å². The Bertz CT molecular complexity index is 371. The second kappa shape index (κ2) is 6.21. The quantitative estimate of drug-likeness (QED) is 0.658. The molecule has 6 heteroatoms. The van der Waals surface area contributed by atoms with Gasteiger partial charge in [0, 0.05) is 17.7 Å². The summed E-state index contributed by atoms with van der Waals surface area (Å²) in [6.07, 6.45) is 0.554. The summed E-state index contributed by atoms with van der Waals surface area (Å²) in [7, 11) is 0. The fourth-order valence-electron chi connectivity index (χ4n) is 1.42. The molecule has 0 aliphatic carbocycles. The summed E-state index contributed by atoms with van der Waals surface area (Å²) in [5, 5.41) is 0. The van der Waals surface area contributed by atoms with Gasteiger partial charge in [-0.2, -0.15) is 0 Å². The Kier molecular flexibility index (Phi) is 5.92. The molecule has 1 aromatic carbocycles. The van der Waals surface area contributed by atoms with E-state index in [1.165, 1.54) is 0 Å². The van der Waals surface area contributed by atoms with E-state index < -0.39 is 34.9 Å². The molecule has 98 valence electrons. The molecule has 2 N–H and O–H groups in total. The SMILES string of the molecule is CCC(C)[C@@H](N)c1c(F)c(F)cc(F)c1F.Cl. The van der Waals surface area contributed by atoms with E-state index in [4.69, 9.17) is 5.73 Å². The van der Waals surface area contributed by atoms with Crippen LogP contribution in [0.1, 0.15) is 31.9 Å². The summed E-state index contributed by atoms with van der Waals surface area (Å²) in [5.74, 6) is -5.94. The number of nitrogens with two attached hydrogens (primary N) is 1. The topological polar surface area (TPSA) is 26.0 Å². The summed E-state index contributed by atoms with van der Waals surface area (Å²) >= 11 is 0. The minimum Gasteiger partial charge on any atom is -0.324 e. The third kappa shape index (κ3) is 3.10. The van der Waals surface area contributed by atoms with Gasteiger partial charge in [0.15, 0.2) is 23.3 Å². The maximum atomic E-state index is 13.3. The van der Waals surface area contributed by atoms with E-state index >= 15 is 0 Å². The zero-order valence-corrected chi connectivity index (χ0v) is 10.3. The summed E-state index contributed by atoms with van der Waals surface area (Å²) in [6.45, 7) is 3.43. The molecule has 2 atom stereocenters. The van der Waals surface area contributed by atoms with Crippen LogP contribution in [-0.4, -0.2) is 0 Å². The first-order valence-corrected chi connectivity index (χ1v) is 4.98. The molecule has 0 saturated heterocycles. The Morgan fingerprint density at radius 1 is 1.12 bits per heavy atom. The second-order valence-electron chi connectivity index (χ2n) is 3.79. The van der Waals surface area contributed by atoms with Crippen LogP contribution in [0.25, 0.3) is 0 Å². The minimum absolute atomic E-state index is 0. The van der Waals surface area contributed by atoms with Gasteiger partial charge in [-0.3, -0.25) is 0 Å². The Hall–Kier alpha value is -0.810. The van der Waals surface area contributed by atoms with Gasteiger partial charge in [-0.15, -0.1) is 12.4 Å². The predicted octanol–water partition coefficient (Wildman–Crippen LogP) is 3.71. The number of benzene rings is 1. The summed E-state index contributed by atoms with van der Waals surface area (Å²) in [6, 6.07) is -0.882. The van der Waals surface area contributed by atoms with Gasteiger partial charge < -0.3 is 5.73 Å². The third-order valence-electron chi connectivity index (χ3n) is 2.74. The monoisotopic (exact) mass is 271 g/mol. The van der Waals surface area contributed by atoms with Crippen molar-refractivity contribution in [3.05, 3.63) is 34.9 Å². The van der Waals surface area contributed by atoms with Crippen molar-refractivity contribution < 1.29 is 17.6 Å². The van der Waals surface area contributed by atoms with Crippen LogP contribution in [0.3, 0.4) is 0 Å². The average Bonchev–Trinajstić information content (AvgIpc) is 2.25. The number of halogens is 5. The van der Waals surface area contributed by atoms with Crippen LogP contribution in [0.5, 0.6) is 0 Å². The van der Waals surface area contributed by atoms with E-state index in [1.807, 2.05) is 0 Å². The molecule has 0 aromatic heterocycles. The van der Waals surface area contributed by atoms with Crippen molar-refractivity contribution in [1.29, 1.82) is 0 Å². The van der Waals surface area contributed by atoms with Crippen molar-refractivity contribution in [1.82, 2.24) is 0 Å². The molecule has 17 heavy (non-hydrogen) atoms. The molecule has 0 saturated carbocycles. The Labute approximate surface area is 103 Å². The van der Waals surface area contributed by atoms with Crippen molar-refractivity contribution in [2.45, 2.75) is 26.3 Å². The van der Waals surface area contributed by atoms with E-state index in [0.29, 0.717) is 6.42 Å². The lowest BCUT2D eigenvalue weighted by atomic mass is 9.92. The highest BCUT2D eigenvalue weighted by Crippen LogP contribution is 2.29. The molecule has 0 aliphatic rings. The lowest BCUT2D eigenvalue weighted by molar-refractivity contribution is 0.384. The minimum atomic E-state index is -1.42. The molecule has 0 spiro atoms. The van der Waals surface area contributed by atoms with Gasteiger partial charge in [-0.05, 0) is 5.92 Å². The van der Waals surface area contributed by atoms with Gasteiger partial charge in [0.05, 0.1) is 0 Å². The van der Waals surface area contributed by atoms with Gasteiger partial charge in [-0.1, -0.05) is 20.3 Å². The highest BCUT2D eigenvalue weighted by atomic mass is 35.5. The van der Waals surface area contributed by atoms with Gasteiger partial charge in [0.2, 0.25) is 0 Å². The van der Waals surface area contributed by atoms with Gasteiger partial charge in [0.1, 0.15) is 0 Å². The number of hydrogen-bond donors (Lipinski definition) is 1.